The van der Waals surface area contributed by atoms with E-state index in [1.807, 2.05) is 30.3 Å². The maximum absolute atomic E-state index is 5.95. The van der Waals surface area contributed by atoms with Crippen molar-refractivity contribution >= 4 is 50.8 Å². The summed E-state index contributed by atoms with van der Waals surface area (Å²) in [6.45, 7) is 0.538. The van der Waals surface area contributed by atoms with E-state index in [1.54, 1.807) is 6.20 Å². The van der Waals surface area contributed by atoms with Gasteiger partial charge in [0.1, 0.15) is 6.10 Å². The minimum absolute atomic E-state index is 0.0909. The number of anilines is 3. The standard InChI is InChI=1S/C20H19BrClN7O/c21-15-10-24-20(26-19(15)25-18-8-16(27-28-18)11-1-2-11)23-9-14-7-17(29-30-14)12-3-5-13(22)6-4-12/h3-6,8,10-11,14H,1-2,7,9H2,(H3,23,24,25,26,27,28). The lowest BCUT2D eigenvalue weighted by Crippen LogP contribution is -2.21. The quantitative estimate of drug-likeness (QED) is 0.440. The molecule has 1 fully saturated rings. The Morgan fingerprint density at radius 1 is 1.23 bits per heavy atom. The second-order valence-electron chi connectivity index (χ2n) is 7.36. The summed E-state index contributed by atoms with van der Waals surface area (Å²) in [5.41, 5.74) is 3.08. The van der Waals surface area contributed by atoms with Gasteiger partial charge in [0.05, 0.1) is 16.7 Å². The molecule has 154 valence electrons. The number of hydrogen-bond acceptors (Lipinski definition) is 7. The van der Waals surface area contributed by atoms with Crippen molar-refractivity contribution in [3.63, 3.8) is 0 Å². The molecule has 1 aliphatic carbocycles. The number of benzene rings is 1. The van der Waals surface area contributed by atoms with Gasteiger partial charge in [-0.15, -0.1) is 0 Å². The first-order chi connectivity index (χ1) is 14.6. The lowest BCUT2D eigenvalue weighted by Gasteiger charge is -2.11. The molecule has 2 aliphatic rings. The van der Waals surface area contributed by atoms with Gasteiger partial charge in [-0.1, -0.05) is 28.9 Å². The molecule has 0 spiro atoms. The van der Waals surface area contributed by atoms with Crippen molar-refractivity contribution in [2.45, 2.75) is 31.3 Å². The third-order valence-corrected chi connectivity index (χ3v) is 5.84. The van der Waals surface area contributed by atoms with E-state index in [0.717, 1.165) is 27.3 Å². The first-order valence-corrected chi connectivity index (χ1v) is 10.9. The van der Waals surface area contributed by atoms with Gasteiger partial charge >= 0.3 is 0 Å². The van der Waals surface area contributed by atoms with Gasteiger partial charge in [-0.05, 0) is 46.5 Å². The van der Waals surface area contributed by atoms with Crippen LogP contribution in [0.15, 0.2) is 46.2 Å². The average molecular weight is 489 g/mol. The maximum Gasteiger partial charge on any atom is 0.224 e. The second-order valence-corrected chi connectivity index (χ2v) is 8.65. The zero-order chi connectivity index (χ0) is 20.5. The number of nitrogens with one attached hydrogen (secondary N) is 3. The molecule has 3 heterocycles. The Balaban J connectivity index is 1.18. The molecule has 1 aliphatic heterocycles. The third kappa shape index (κ3) is 4.41. The van der Waals surface area contributed by atoms with Crippen LogP contribution in [0.25, 0.3) is 0 Å². The fourth-order valence-electron chi connectivity index (χ4n) is 3.22. The Labute approximate surface area is 186 Å². The van der Waals surface area contributed by atoms with Gasteiger partial charge in [0.2, 0.25) is 5.95 Å². The molecule has 1 saturated carbocycles. The molecule has 0 saturated heterocycles. The number of nitrogens with zero attached hydrogens (tertiary/aromatic N) is 4. The van der Waals surface area contributed by atoms with Crippen molar-refractivity contribution in [2.24, 2.45) is 5.16 Å². The highest BCUT2D eigenvalue weighted by atomic mass is 79.9. The number of H-pyrrole nitrogens is 1. The molecule has 1 unspecified atom stereocenters. The SMILES string of the molecule is Clc1ccc(C2=NOC(CNc3ncc(Br)c(Nc4cc(C5CC5)[nH]n4)n3)C2)cc1. The van der Waals surface area contributed by atoms with Crippen LogP contribution in [0, 0.1) is 0 Å². The number of aromatic amines is 1. The van der Waals surface area contributed by atoms with Crippen LogP contribution in [-0.2, 0) is 4.84 Å². The molecule has 0 amide bonds. The second kappa shape index (κ2) is 8.23. The normalized spacial score (nSPS) is 18.1. The van der Waals surface area contributed by atoms with Crippen LogP contribution in [0.4, 0.5) is 17.6 Å². The first kappa shape index (κ1) is 19.3. The summed E-state index contributed by atoms with van der Waals surface area (Å²) in [6.07, 6.45) is 4.76. The minimum Gasteiger partial charge on any atom is -0.390 e. The van der Waals surface area contributed by atoms with E-state index in [2.05, 4.69) is 51.9 Å². The fraction of sp³-hybridized carbons (Fsp3) is 0.300. The highest BCUT2D eigenvalue weighted by molar-refractivity contribution is 9.10. The molecule has 2 aromatic heterocycles. The van der Waals surface area contributed by atoms with Gasteiger partial charge in [0.25, 0.3) is 0 Å². The van der Waals surface area contributed by atoms with Crippen LogP contribution in [-0.4, -0.2) is 38.5 Å². The van der Waals surface area contributed by atoms with E-state index < -0.39 is 0 Å². The lowest BCUT2D eigenvalue weighted by molar-refractivity contribution is 0.0948. The zero-order valence-corrected chi connectivity index (χ0v) is 18.2. The van der Waals surface area contributed by atoms with Crippen LogP contribution in [0.5, 0.6) is 0 Å². The molecule has 5 rings (SSSR count). The van der Waals surface area contributed by atoms with Crippen LogP contribution in [0.2, 0.25) is 5.02 Å². The van der Waals surface area contributed by atoms with E-state index in [0.29, 0.717) is 35.7 Å². The van der Waals surface area contributed by atoms with Crippen LogP contribution in [0.1, 0.15) is 36.4 Å². The molecular weight excluding hydrogens is 470 g/mol. The predicted molar refractivity (Wildman–Crippen MR) is 120 cm³/mol. The van der Waals surface area contributed by atoms with Crippen molar-refractivity contribution in [3.05, 3.63) is 57.3 Å². The zero-order valence-electron chi connectivity index (χ0n) is 15.9. The van der Waals surface area contributed by atoms with E-state index in [9.17, 15) is 0 Å². The smallest absolute Gasteiger partial charge is 0.224 e. The Bertz CT molecular complexity index is 1080. The molecule has 1 atom stereocenters. The van der Waals surface area contributed by atoms with Gasteiger partial charge in [-0.3, -0.25) is 5.10 Å². The lowest BCUT2D eigenvalue weighted by atomic mass is 10.1. The summed E-state index contributed by atoms with van der Waals surface area (Å²) < 4.78 is 0.759. The van der Waals surface area contributed by atoms with Crippen LogP contribution in [0.3, 0.4) is 0 Å². The molecule has 3 N–H and O–H groups in total. The molecule has 3 aromatic rings. The number of hydrogen-bond donors (Lipinski definition) is 3. The summed E-state index contributed by atoms with van der Waals surface area (Å²) in [4.78, 5) is 14.4. The summed E-state index contributed by atoms with van der Waals surface area (Å²) in [5, 5.41) is 18.8. The molecule has 30 heavy (non-hydrogen) atoms. The van der Waals surface area contributed by atoms with Gasteiger partial charge in [-0.25, -0.2) is 4.98 Å². The highest BCUT2D eigenvalue weighted by Gasteiger charge is 2.26. The van der Waals surface area contributed by atoms with Crippen molar-refractivity contribution in [3.8, 4) is 0 Å². The third-order valence-electron chi connectivity index (χ3n) is 5.00. The Kier molecular flexibility index (Phi) is 5.30. The minimum atomic E-state index is -0.0909. The predicted octanol–water partition coefficient (Wildman–Crippen LogP) is 4.84. The highest BCUT2D eigenvalue weighted by Crippen LogP contribution is 2.39. The molecule has 1 aromatic carbocycles. The van der Waals surface area contributed by atoms with E-state index in [4.69, 9.17) is 16.4 Å². The molecule has 0 bridgehead atoms. The van der Waals surface area contributed by atoms with Gasteiger partial charge in [0, 0.05) is 35.3 Å². The fourth-order valence-corrected chi connectivity index (χ4v) is 3.64. The summed E-state index contributed by atoms with van der Waals surface area (Å²) >= 11 is 9.43. The largest absolute Gasteiger partial charge is 0.390 e. The average Bonchev–Trinajstić information content (AvgIpc) is 3.31. The number of rotatable bonds is 7. The Morgan fingerprint density at radius 2 is 2.07 bits per heavy atom. The van der Waals surface area contributed by atoms with Gasteiger partial charge < -0.3 is 15.5 Å². The van der Waals surface area contributed by atoms with E-state index in [1.165, 1.54) is 12.8 Å². The molecule has 10 heteroatoms. The van der Waals surface area contributed by atoms with Crippen molar-refractivity contribution in [2.75, 3.05) is 17.2 Å². The monoisotopic (exact) mass is 487 g/mol. The topological polar surface area (TPSA) is 100 Å². The summed E-state index contributed by atoms with van der Waals surface area (Å²) in [5.74, 6) is 2.50. The maximum atomic E-state index is 5.95. The van der Waals surface area contributed by atoms with Crippen molar-refractivity contribution < 1.29 is 4.84 Å². The van der Waals surface area contributed by atoms with E-state index >= 15 is 0 Å². The van der Waals surface area contributed by atoms with Gasteiger partial charge in [0.15, 0.2) is 11.6 Å². The summed E-state index contributed by atoms with van der Waals surface area (Å²) in [6, 6.07) is 9.62. The first-order valence-electron chi connectivity index (χ1n) is 9.71. The van der Waals surface area contributed by atoms with Crippen LogP contribution >= 0.6 is 27.5 Å². The van der Waals surface area contributed by atoms with Crippen molar-refractivity contribution in [1.29, 1.82) is 0 Å². The Morgan fingerprint density at radius 3 is 2.87 bits per heavy atom. The van der Waals surface area contributed by atoms with Crippen LogP contribution < -0.4 is 10.6 Å². The Hall–Kier alpha value is -2.65. The van der Waals surface area contributed by atoms with Gasteiger partial charge in [-0.2, -0.15) is 10.1 Å². The van der Waals surface area contributed by atoms with Crippen molar-refractivity contribution in [1.82, 2.24) is 20.2 Å². The molecule has 8 nitrogen and oxygen atoms in total. The number of halogens is 2. The number of aromatic nitrogens is 4. The molecular formula is C20H19BrClN7O. The number of oxime groups is 1. The molecule has 0 radical (unpaired) electrons. The summed E-state index contributed by atoms with van der Waals surface area (Å²) in [7, 11) is 0. The van der Waals surface area contributed by atoms with E-state index in [-0.39, 0.29) is 6.10 Å².